The van der Waals surface area contributed by atoms with E-state index in [9.17, 15) is 5.11 Å². The van der Waals surface area contributed by atoms with Gasteiger partial charge in [0, 0.05) is 7.41 Å². The fourth-order valence-electron chi connectivity index (χ4n) is 1.90. The second-order valence-electron chi connectivity index (χ2n) is 3.49. The second-order valence-corrected chi connectivity index (χ2v) is 3.49. The molecule has 0 unspecified atom stereocenters. The lowest BCUT2D eigenvalue weighted by Gasteiger charge is -2.34. The number of morpholine rings is 1. The molecule has 2 aliphatic heterocycles. The number of likely N-dealkylation sites (tertiary alicyclic amines) is 1. The first-order valence-electron chi connectivity index (χ1n) is 5.12. The molecule has 2 saturated heterocycles. The van der Waals surface area contributed by atoms with Crippen LogP contribution in [-0.2, 0) is 4.74 Å². The molecule has 0 aromatic rings. The summed E-state index contributed by atoms with van der Waals surface area (Å²) in [5.74, 6) is 0. The Balaban J connectivity index is 2.36. The largest absolute Gasteiger partial charge is 0.388 e. The van der Waals surface area contributed by atoms with Gasteiger partial charge in [-0.05, 0) is 20.9 Å². The van der Waals surface area contributed by atoms with Crippen LogP contribution in [0.25, 0.3) is 0 Å². The summed E-state index contributed by atoms with van der Waals surface area (Å²) >= 11 is 0. The molecule has 1 N–H and O–H groups in total. The lowest BCUT2D eigenvalue weighted by atomic mass is 9.96. The van der Waals surface area contributed by atoms with E-state index in [4.69, 9.17) is 7.48 Å². The topological polar surface area (TPSA) is 32.7 Å². The first-order chi connectivity index (χ1) is 6.04. The average molecular weight is 160 g/mol. The molecule has 2 aliphatic rings. The van der Waals surface area contributed by atoms with E-state index in [2.05, 4.69) is 0 Å². The van der Waals surface area contributed by atoms with Crippen LogP contribution in [0.4, 0.5) is 0 Å². The SMILES string of the molecule is [2H]C[C@@]12O[C@@H]([3H])[C@@H]([C@@H]1O)N(C)[C@@H]2C. The van der Waals surface area contributed by atoms with Crippen molar-refractivity contribution in [1.29, 1.82) is 0 Å². The van der Waals surface area contributed by atoms with E-state index in [1.165, 1.54) is 0 Å². The van der Waals surface area contributed by atoms with Gasteiger partial charge >= 0.3 is 0 Å². The van der Waals surface area contributed by atoms with E-state index in [1.54, 1.807) is 0 Å². The van der Waals surface area contributed by atoms with Gasteiger partial charge in [-0.15, -0.1) is 0 Å². The molecule has 2 rings (SSSR count). The normalized spacial score (nSPS) is 66.5. The van der Waals surface area contributed by atoms with Crippen LogP contribution in [0.5, 0.6) is 0 Å². The van der Waals surface area contributed by atoms with Crippen LogP contribution in [0.2, 0.25) is 0 Å². The van der Waals surface area contributed by atoms with E-state index in [0.29, 0.717) is 0 Å². The average Bonchev–Trinajstić information content (AvgIpc) is 2.44. The zero-order valence-corrected chi connectivity index (χ0v) is 6.82. The number of aliphatic hydroxyl groups is 1. The molecule has 2 fully saturated rings. The zero-order chi connectivity index (χ0) is 9.80. The van der Waals surface area contributed by atoms with Crippen molar-refractivity contribution in [3.05, 3.63) is 0 Å². The van der Waals surface area contributed by atoms with Crippen LogP contribution in [0.15, 0.2) is 0 Å². The van der Waals surface area contributed by atoms with Gasteiger partial charge in [0.15, 0.2) is 0 Å². The van der Waals surface area contributed by atoms with E-state index in [0.717, 1.165) is 0 Å². The summed E-state index contributed by atoms with van der Waals surface area (Å²) in [6, 6.07) is -0.244. The van der Waals surface area contributed by atoms with E-state index >= 15 is 0 Å². The molecule has 0 aromatic heterocycles. The molecule has 64 valence electrons. The van der Waals surface area contributed by atoms with Gasteiger partial charge in [0.05, 0.1) is 14.0 Å². The summed E-state index contributed by atoms with van der Waals surface area (Å²) in [4.78, 5) is 1.94. The summed E-state index contributed by atoms with van der Waals surface area (Å²) in [6.07, 6.45) is -0.688. The number of aliphatic hydroxyl groups excluding tert-OH is 1. The molecule has 3 nitrogen and oxygen atoms in total. The fourth-order valence-corrected chi connectivity index (χ4v) is 1.90. The van der Waals surface area contributed by atoms with Crippen molar-refractivity contribution >= 4 is 0 Å². The number of hydrogen-bond acceptors (Lipinski definition) is 3. The van der Waals surface area contributed by atoms with Crippen LogP contribution >= 0.6 is 0 Å². The Morgan fingerprint density at radius 1 is 2.00 bits per heavy atom. The highest BCUT2D eigenvalue weighted by atomic mass is 16.5. The Labute approximate surface area is 69.8 Å². The number of nitrogens with zero attached hydrogens (tertiary/aromatic N) is 1. The number of likely N-dealkylation sites (N-methyl/N-ethyl adjacent to an activating group) is 1. The van der Waals surface area contributed by atoms with Crippen LogP contribution in [0.1, 0.15) is 16.6 Å². The summed E-state index contributed by atoms with van der Waals surface area (Å²) in [5.41, 5.74) is -0.828. The lowest BCUT2D eigenvalue weighted by molar-refractivity contribution is -0.0799. The molecule has 5 atom stereocenters. The predicted octanol–water partition coefficient (Wildman–Crippen LogP) is -0.161. The Kier molecular flexibility index (Phi) is 0.988. The Hall–Kier alpha value is -0.120. The molecule has 0 radical (unpaired) electrons. The third kappa shape index (κ3) is 0.687. The quantitative estimate of drug-likeness (QED) is 0.534. The van der Waals surface area contributed by atoms with Gasteiger partial charge in [-0.2, -0.15) is 0 Å². The summed E-state index contributed by atoms with van der Waals surface area (Å²) in [5, 5.41) is 9.88. The lowest BCUT2D eigenvalue weighted by Crippen LogP contribution is -2.47. The Morgan fingerprint density at radius 3 is 3.18 bits per heavy atom. The van der Waals surface area contributed by atoms with Crippen molar-refractivity contribution in [2.75, 3.05) is 13.6 Å². The monoisotopic (exact) mass is 160 g/mol. The number of ether oxygens (including phenoxy) is 1. The van der Waals surface area contributed by atoms with Crippen LogP contribution in [0.3, 0.4) is 0 Å². The zero-order valence-electron chi connectivity index (χ0n) is 8.82. The van der Waals surface area contributed by atoms with Crippen molar-refractivity contribution < 1.29 is 12.6 Å². The number of hydrogen-bond donors (Lipinski definition) is 1. The molecule has 0 spiro atoms. The number of fused-ring (bicyclic) bond motifs is 2. The minimum absolute atomic E-state index is 0.0194. The molecule has 0 amide bonds. The smallest absolute Gasteiger partial charge is 0.108 e. The third-order valence-electron chi connectivity index (χ3n) is 3.04. The van der Waals surface area contributed by atoms with Crippen molar-refractivity contribution in [3.63, 3.8) is 0 Å². The molecule has 2 heterocycles. The first-order valence-corrected chi connectivity index (χ1v) is 3.84. The summed E-state index contributed by atoms with van der Waals surface area (Å²) in [6.45, 7) is 1.25. The van der Waals surface area contributed by atoms with Gasteiger partial charge in [0.1, 0.15) is 11.7 Å². The molecule has 2 bridgehead atoms. The maximum atomic E-state index is 9.88. The predicted molar refractivity (Wildman–Crippen MR) is 41.4 cm³/mol. The summed E-state index contributed by atoms with van der Waals surface area (Å²) in [7, 11) is 1.88. The second kappa shape index (κ2) is 1.97. The van der Waals surface area contributed by atoms with Gasteiger partial charge in [0.2, 0.25) is 0 Å². The molecule has 11 heavy (non-hydrogen) atoms. The van der Waals surface area contributed by atoms with Crippen molar-refractivity contribution in [1.82, 2.24) is 4.90 Å². The minimum Gasteiger partial charge on any atom is -0.388 e. The van der Waals surface area contributed by atoms with Crippen LogP contribution in [0, 0.1) is 0 Å². The Morgan fingerprint density at radius 2 is 2.73 bits per heavy atom. The molecule has 0 aromatic carbocycles. The maximum absolute atomic E-state index is 9.88. The Bertz CT molecular complexity index is 228. The van der Waals surface area contributed by atoms with Gasteiger partial charge in [-0.25, -0.2) is 0 Å². The van der Waals surface area contributed by atoms with Crippen LogP contribution in [-0.4, -0.2) is 47.4 Å². The summed E-state index contributed by atoms with van der Waals surface area (Å²) < 4.78 is 20.4. The van der Waals surface area contributed by atoms with Gasteiger partial charge in [0.25, 0.3) is 0 Å². The standard InChI is InChI=1S/C8H15NO2/c1-5-8(2)7(10)6(4-11-8)9(5)3/h5-7,10H,4H2,1-3H3/t5-,6+,7+,8+/m1/s1/i2D,4T/t4-,5+,6-,7-,8-/m0. The third-order valence-corrected chi connectivity index (χ3v) is 3.04. The van der Waals surface area contributed by atoms with E-state index in [1.807, 2.05) is 18.9 Å². The highest BCUT2D eigenvalue weighted by molar-refractivity contribution is 5.11. The van der Waals surface area contributed by atoms with Gasteiger partial charge in [-0.3, -0.25) is 4.90 Å². The fraction of sp³-hybridized carbons (Fsp3) is 1.00. The van der Waals surface area contributed by atoms with Gasteiger partial charge < -0.3 is 9.84 Å². The van der Waals surface area contributed by atoms with E-state index < -0.39 is 18.3 Å². The maximum Gasteiger partial charge on any atom is 0.108 e. The van der Waals surface area contributed by atoms with Crippen molar-refractivity contribution in [3.8, 4) is 0 Å². The van der Waals surface area contributed by atoms with Crippen LogP contribution < -0.4 is 0 Å². The highest BCUT2D eigenvalue weighted by Crippen LogP contribution is 2.41. The molecular weight excluding hydrogens is 142 g/mol. The van der Waals surface area contributed by atoms with Crippen molar-refractivity contribution in [2.45, 2.75) is 37.6 Å². The van der Waals surface area contributed by atoms with Crippen molar-refractivity contribution in [2.24, 2.45) is 0 Å². The van der Waals surface area contributed by atoms with Gasteiger partial charge in [-0.1, -0.05) is 0 Å². The molecule has 0 aliphatic carbocycles. The number of rotatable bonds is 0. The van der Waals surface area contributed by atoms with E-state index in [-0.39, 0.29) is 19.0 Å². The minimum atomic E-state index is -0.828. The first kappa shape index (κ1) is 5.51. The molecule has 3 heteroatoms. The molecule has 0 saturated carbocycles. The highest BCUT2D eigenvalue weighted by Gasteiger charge is 2.59. The molecular formula is C8H15NO2.